The van der Waals surface area contributed by atoms with Crippen LogP contribution >= 0.6 is 11.6 Å². The Morgan fingerprint density at radius 1 is 1.31 bits per heavy atom. The van der Waals surface area contributed by atoms with Crippen LogP contribution in [0.3, 0.4) is 0 Å². The highest BCUT2D eigenvalue weighted by Crippen LogP contribution is 2.16. The van der Waals surface area contributed by atoms with Crippen LogP contribution in [0.2, 0.25) is 0 Å². The Hall–Kier alpha value is -1.69. The summed E-state index contributed by atoms with van der Waals surface area (Å²) >= 11 is 5.13. The van der Waals surface area contributed by atoms with E-state index < -0.39 is 29.5 Å². The molecule has 0 aromatic heterocycles. The van der Waals surface area contributed by atoms with Crippen molar-refractivity contribution in [2.45, 2.75) is 0 Å². The lowest BCUT2D eigenvalue weighted by Crippen LogP contribution is -2.35. The van der Waals surface area contributed by atoms with Crippen molar-refractivity contribution in [3.05, 3.63) is 29.8 Å². The smallest absolute Gasteiger partial charge is 0.305 e. The van der Waals surface area contributed by atoms with Gasteiger partial charge in [0.05, 0.1) is 5.69 Å². The average molecular weight is 249 g/mol. The summed E-state index contributed by atoms with van der Waals surface area (Å²) in [5.41, 5.74) is -0.361. The van der Waals surface area contributed by atoms with Gasteiger partial charge in [0.1, 0.15) is 5.88 Å². The monoisotopic (exact) mass is 248 g/mol. The van der Waals surface area contributed by atoms with Gasteiger partial charge in [-0.3, -0.25) is 10.1 Å². The number of hydrogen-bond donors (Lipinski definition) is 2. The van der Waals surface area contributed by atoms with Crippen LogP contribution in [-0.2, 0) is 4.79 Å². The molecule has 4 nitrogen and oxygen atoms in total. The molecule has 0 aliphatic carbocycles. The Morgan fingerprint density at radius 3 is 2.62 bits per heavy atom. The van der Waals surface area contributed by atoms with Crippen LogP contribution in [0, 0.1) is 11.6 Å². The van der Waals surface area contributed by atoms with E-state index in [1.165, 1.54) is 6.07 Å². The summed E-state index contributed by atoms with van der Waals surface area (Å²) in [6.07, 6.45) is 0. The highest BCUT2D eigenvalue weighted by atomic mass is 35.5. The van der Waals surface area contributed by atoms with Crippen molar-refractivity contribution in [2.24, 2.45) is 0 Å². The van der Waals surface area contributed by atoms with Gasteiger partial charge in [0.15, 0.2) is 11.6 Å². The third-order valence-corrected chi connectivity index (χ3v) is 1.82. The highest BCUT2D eigenvalue weighted by molar-refractivity contribution is 6.28. The number of carbonyl (C=O) groups is 2. The second kappa shape index (κ2) is 5.41. The highest BCUT2D eigenvalue weighted by Gasteiger charge is 2.11. The number of imide groups is 1. The van der Waals surface area contributed by atoms with Gasteiger partial charge in [-0.25, -0.2) is 13.6 Å². The van der Waals surface area contributed by atoms with Crippen molar-refractivity contribution in [3.63, 3.8) is 0 Å². The fourth-order valence-corrected chi connectivity index (χ4v) is 0.981. The lowest BCUT2D eigenvalue weighted by Gasteiger charge is -2.06. The molecular formula is C9H7ClF2N2O2. The third-order valence-electron chi connectivity index (χ3n) is 1.57. The first-order valence-corrected chi connectivity index (χ1v) is 4.69. The molecule has 0 saturated carbocycles. The van der Waals surface area contributed by atoms with E-state index in [9.17, 15) is 18.4 Å². The molecule has 0 aliphatic heterocycles. The number of urea groups is 1. The zero-order valence-electron chi connectivity index (χ0n) is 7.89. The number of alkyl halides is 1. The Morgan fingerprint density at radius 2 is 2.00 bits per heavy atom. The number of carbonyl (C=O) groups excluding carboxylic acids is 2. The summed E-state index contributed by atoms with van der Waals surface area (Å²) in [6, 6.07) is 2.30. The number of halogens is 3. The molecule has 0 radical (unpaired) electrons. The predicted octanol–water partition coefficient (Wildman–Crippen LogP) is 1.85. The van der Waals surface area contributed by atoms with Crippen molar-refractivity contribution >= 4 is 29.2 Å². The minimum Gasteiger partial charge on any atom is -0.305 e. The number of anilines is 1. The standard InChI is InChI=1S/C9H7ClF2N2O2/c10-4-7(15)14-9(16)13-6-3-1-2-5(11)8(6)12/h1-3H,4H2,(H2,13,14,15,16). The quantitative estimate of drug-likeness (QED) is 0.785. The Kier molecular flexibility index (Phi) is 4.19. The van der Waals surface area contributed by atoms with Crippen LogP contribution in [0.4, 0.5) is 19.3 Å². The van der Waals surface area contributed by atoms with Crippen molar-refractivity contribution in [1.29, 1.82) is 0 Å². The summed E-state index contributed by atoms with van der Waals surface area (Å²) < 4.78 is 25.8. The second-order valence-electron chi connectivity index (χ2n) is 2.74. The van der Waals surface area contributed by atoms with E-state index in [4.69, 9.17) is 11.6 Å². The normalized spacial score (nSPS) is 9.69. The van der Waals surface area contributed by atoms with Crippen LogP contribution in [0.15, 0.2) is 18.2 Å². The molecular weight excluding hydrogens is 242 g/mol. The van der Waals surface area contributed by atoms with E-state index >= 15 is 0 Å². The molecule has 16 heavy (non-hydrogen) atoms. The average Bonchev–Trinajstić information content (AvgIpc) is 2.24. The Labute approximate surface area is 94.6 Å². The molecule has 0 spiro atoms. The van der Waals surface area contributed by atoms with E-state index in [-0.39, 0.29) is 5.69 Å². The third kappa shape index (κ3) is 3.16. The maximum absolute atomic E-state index is 13.1. The summed E-state index contributed by atoms with van der Waals surface area (Å²) in [4.78, 5) is 21.7. The van der Waals surface area contributed by atoms with Gasteiger partial charge in [0, 0.05) is 0 Å². The first-order chi connectivity index (χ1) is 7.54. The fourth-order valence-electron chi connectivity index (χ4n) is 0.914. The Balaban J connectivity index is 2.70. The van der Waals surface area contributed by atoms with Gasteiger partial charge in [-0.1, -0.05) is 6.07 Å². The number of rotatable bonds is 2. The van der Waals surface area contributed by atoms with E-state index in [2.05, 4.69) is 0 Å². The van der Waals surface area contributed by atoms with Crippen molar-refractivity contribution in [1.82, 2.24) is 5.32 Å². The van der Waals surface area contributed by atoms with Gasteiger partial charge in [-0.2, -0.15) is 0 Å². The SMILES string of the molecule is O=C(CCl)NC(=O)Nc1cccc(F)c1F. The molecule has 0 aliphatic rings. The second-order valence-corrected chi connectivity index (χ2v) is 3.00. The topological polar surface area (TPSA) is 58.2 Å². The van der Waals surface area contributed by atoms with Gasteiger partial charge < -0.3 is 5.32 Å². The summed E-state index contributed by atoms with van der Waals surface area (Å²) in [7, 11) is 0. The first kappa shape index (κ1) is 12.4. The number of hydrogen-bond acceptors (Lipinski definition) is 2. The molecule has 7 heteroatoms. The van der Waals surface area contributed by atoms with Crippen LogP contribution < -0.4 is 10.6 Å². The molecule has 0 atom stereocenters. The van der Waals surface area contributed by atoms with Crippen molar-refractivity contribution in [3.8, 4) is 0 Å². The molecule has 0 heterocycles. The summed E-state index contributed by atoms with van der Waals surface area (Å²) in [5, 5.41) is 3.79. The molecule has 0 saturated heterocycles. The molecule has 1 rings (SSSR count). The number of nitrogens with one attached hydrogen (secondary N) is 2. The van der Waals surface area contributed by atoms with Crippen molar-refractivity contribution in [2.75, 3.05) is 11.2 Å². The lowest BCUT2D eigenvalue weighted by molar-refractivity contribution is -0.117. The maximum Gasteiger partial charge on any atom is 0.325 e. The largest absolute Gasteiger partial charge is 0.325 e. The van der Waals surface area contributed by atoms with Gasteiger partial charge in [0.25, 0.3) is 0 Å². The maximum atomic E-state index is 13.1. The molecule has 0 fully saturated rings. The van der Waals surface area contributed by atoms with Gasteiger partial charge in [-0.05, 0) is 12.1 Å². The molecule has 3 amide bonds. The van der Waals surface area contributed by atoms with E-state index in [1.54, 1.807) is 0 Å². The summed E-state index contributed by atoms with van der Waals surface area (Å²) in [6.45, 7) is 0. The van der Waals surface area contributed by atoms with Crippen LogP contribution in [0.5, 0.6) is 0 Å². The lowest BCUT2D eigenvalue weighted by atomic mass is 10.3. The first-order valence-electron chi connectivity index (χ1n) is 4.15. The molecule has 86 valence electrons. The molecule has 1 aromatic carbocycles. The predicted molar refractivity (Wildman–Crippen MR) is 54.2 cm³/mol. The van der Waals surface area contributed by atoms with Crippen LogP contribution in [0.25, 0.3) is 0 Å². The minimum absolute atomic E-state index is 0.361. The minimum atomic E-state index is -1.20. The molecule has 1 aromatic rings. The summed E-state index contributed by atoms with van der Waals surface area (Å²) in [5.74, 6) is -3.44. The molecule has 0 bridgehead atoms. The van der Waals surface area contributed by atoms with Gasteiger partial charge in [-0.15, -0.1) is 11.6 Å². The fraction of sp³-hybridized carbons (Fsp3) is 0.111. The zero-order valence-corrected chi connectivity index (χ0v) is 8.65. The number of benzene rings is 1. The number of amides is 3. The zero-order chi connectivity index (χ0) is 12.1. The van der Waals surface area contributed by atoms with Gasteiger partial charge in [0.2, 0.25) is 5.91 Å². The molecule has 0 unspecified atom stereocenters. The van der Waals surface area contributed by atoms with Crippen LogP contribution in [0.1, 0.15) is 0 Å². The molecule has 2 N–H and O–H groups in total. The van der Waals surface area contributed by atoms with E-state index in [0.29, 0.717) is 0 Å². The van der Waals surface area contributed by atoms with E-state index in [1.807, 2.05) is 10.6 Å². The Bertz CT molecular complexity index is 426. The van der Waals surface area contributed by atoms with Gasteiger partial charge >= 0.3 is 6.03 Å². The van der Waals surface area contributed by atoms with Crippen LogP contribution in [-0.4, -0.2) is 17.8 Å². The van der Waals surface area contributed by atoms with E-state index in [0.717, 1.165) is 12.1 Å². The van der Waals surface area contributed by atoms with Crippen molar-refractivity contribution < 1.29 is 18.4 Å².